The van der Waals surface area contributed by atoms with Crippen LogP contribution in [-0.4, -0.2) is 53.7 Å². The van der Waals surface area contributed by atoms with Crippen LogP contribution in [0, 0.1) is 0 Å². The van der Waals surface area contributed by atoms with Crippen molar-refractivity contribution in [2.24, 2.45) is 5.73 Å². The molecule has 5 heteroatoms. The summed E-state index contributed by atoms with van der Waals surface area (Å²) >= 11 is 0. The Kier molecular flexibility index (Phi) is 4.36. The van der Waals surface area contributed by atoms with Gasteiger partial charge >= 0.3 is 0 Å². The van der Waals surface area contributed by atoms with Gasteiger partial charge < -0.3 is 16.2 Å². The smallest absolute Gasteiger partial charge is 0.231 e. The molecule has 1 amide bonds. The Morgan fingerprint density at radius 2 is 2.00 bits per heavy atom. The fourth-order valence-corrected chi connectivity index (χ4v) is 3.14. The molecule has 0 aromatic rings. The molecule has 1 saturated heterocycles. The fraction of sp³-hybridized carbons (Fsp3) is 0.917. The highest BCUT2D eigenvalue weighted by Crippen LogP contribution is 2.27. The van der Waals surface area contributed by atoms with Gasteiger partial charge in [0.1, 0.15) is 0 Å². The Bertz CT molecular complexity index is 266. The number of piperidine rings is 1. The lowest BCUT2D eigenvalue weighted by atomic mass is 10.0. The first-order valence-corrected chi connectivity index (χ1v) is 6.61. The highest BCUT2D eigenvalue weighted by atomic mass is 16.3. The zero-order chi connectivity index (χ0) is 12.3. The van der Waals surface area contributed by atoms with Crippen molar-refractivity contribution >= 4 is 5.91 Å². The molecule has 98 valence electrons. The Morgan fingerprint density at radius 1 is 1.29 bits per heavy atom. The van der Waals surface area contributed by atoms with Gasteiger partial charge in [0, 0.05) is 12.1 Å². The second-order valence-corrected chi connectivity index (χ2v) is 5.19. The first kappa shape index (κ1) is 12.8. The van der Waals surface area contributed by atoms with E-state index in [-0.39, 0.29) is 24.6 Å². The number of hydrogen-bond acceptors (Lipinski definition) is 4. The van der Waals surface area contributed by atoms with Crippen LogP contribution in [0.3, 0.4) is 0 Å². The number of carbonyl (C=O) groups excluding carboxylic acids is 1. The van der Waals surface area contributed by atoms with E-state index in [4.69, 9.17) is 5.73 Å². The molecule has 0 bridgehead atoms. The van der Waals surface area contributed by atoms with Crippen LogP contribution in [0.25, 0.3) is 0 Å². The van der Waals surface area contributed by atoms with Gasteiger partial charge in [-0.2, -0.15) is 0 Å². The first-order valence-electron chi connectivity index (χ1n) is 6.61. The van der Waals surface area contributed by atoms with Crippen molar-refractivity contribution in [1.29, 1.82) is 0 Å². The third kappa shape index (κ3) is 3.18. The van der Waals surface area contributed by atoms with Crippen molar-refractivity contribution in [3.05, 3.63) is 0 Å². The van der Waals surface area contributed by atoms with E-state index in [0.29, 0.717) is 6.04 Å². The van der Waals surface area contributed by atoms with Gasteiger partial charge in [-0.05, 0) is 45.2 Å². The van der Waals surface area contributed by atoms with E-state index < -0.39 is 0 Å². The average molecular weight is 241 g/mol. The van der Waals surface area contributed by atoms with Crippen molar-refractivity contribution in [1.82, 2.24) is 10.2 Å². The molecular formula is C12H23N3O2. The van der Waals surface area contributed by atoms with E-state index in [2.05, 4.69) is 10.2 Å². The van der Waals surface area contributed by atoms with Crippen LogP contribution in [0.2, 0.25) is 0 Å². The molecular weight excluding hydrogens is 218 g/mol. The van der Waals surface area contributed by atoms with Gasteiger partial charge in [0.15, 0.2) is 0 Å². The summed E-state index contributed by atoms with van der Waals surface area (Å²) in [6, 6.07) is 0.520. The maximum atomic E-state index is 11.2. The number of nitrogens with one attached hydrogen (secondary N) is 1. The maximum absolute atomic E-state index is 11.2. The number of hydrogen-bond donors (Lipinski definition) is 3. The van der Waals surface area contributed by atoms with Gasteiger partial charge in [-0.3, -0.25) is 9.69 Å². The molecule has 1 aliphatic carbocycles. The molecule has 4 N–H and O–H groups in total. The predicted molar refractivity (Wildman–Crippen MR) is 65.4 cm³/mol. The van der Waals surface area contributed by atoms with E-state index in [1.807, 2.05) is 0 Å². The number of aliphatic hydroxyl groups is 1. The van der Waals surface area contributed by atoms with Gasteiger partial charge in [0.25, 0.3) is 0 Å². The lowest BCUT2D eigenvalue weighted by Crippen LogP contribution is -2.53. The standard InChI is InChI=1S/C12H23N3O2/c13-12(17)8-15(9-4-6-14-7-5-9)10-2-1-3-11(10)16/h9-11,14,16H,1-8H2,(H2,13,17). The summed E-state index contributed by atoms with van der Waals surface area (Å²) < 4.78 is 0. The van der Waals surface area contributed by atoms with E-state index in [0.717, 1.165) is 45.2 Å². The Morgan fingerprint density at radius 3 is 2.53 bits per heavy atom. The van der Waals surface area contributed by atoms with Crippen LogP contribution in [0.4, 0.5) is 0 Å². The van der Waals surface area contributed by atoms with E-state index in [1.165, 1.54) is 0 Å². The van der Waals surface area contributed by atoms with Crippen LogP contribution in [0.1, 0.15) is 32.1 Å². The highest BCUT2D eigenvalue weighted by Gasteiger charge is 2.35. The molecule has 0 spiro atoms. The summed E-state index contributed by atoms with van der Waals surface area (Å²) in [5.41, 5.74) is 5.34. The van der Waals surface area contributed by atoms with Gasteiger partial charge in [-0.15, -0.1) is 0 Å². The van der Waals surface area contributed by atoms with E-state index >= 15 is 0 Å². The zero-order valence-electron chi connectivity index (χ0n) is 10.3. The Balaban J connectivity index is 2.03. The van der Waals surface area contributed by atoms with Crippen molar-refractivity contribution in [2.45, 2.75) is 50.3 Å². The lowest BCUT2D eigenvalue weighted by molar-refractivity contribution is -0.121. The Hall–Kier alpha value is -0.650. The molecule has 17 heavy (non-hydrogen) atoms. The Labute approximate surface area is 102 Å². The largest absolute Gasteiger partial charge is 0.391 e. The van der Waals surface area contributed by atoms with Crippen LogP contribution in [0.15, 0.2) is 0 Å². The molecule has 0 aromatic carbocycles. The predicted octanol–water partition coefficient (Wildman–Crippen LogP) is -0.561. The third-order valence-corrected chi connectivity index (χ3v) is 3.99. The number of carbonyl (C=O) groups is 1. The summed E-state index contributed by atoms with van der Waals surface area (Å²) in [5.74, 6) is -0.289. The molecule has 2 rings (SSSR count). The second-order valence-electron chi connectivity index (χ2n) is 5.19. The van der Waals surface area contributed by atoms with Crippen molar-refractivity contribution in [3.8, 4) is 0 Å². The topological polar surface area (TPSA) is 78.6 Å². The second kappa shape index (κ2) is 5.80. The number of primary amides is 1. The SMILES string of the molecule is NC(=O)CN(C1CCNCC1)C1CCCC1O. The summed E-state index contributed by atoms with van der Waals surface area (Å²) in [5, 5.41) is 13.3. The molecule has 2 fully saturated rings. The summed E-state index contributed by atoms with van der Waals surface area (Å²) in [7, 11) is 0. The molecule has 1 heterocycles. The molecule has 2 aliphatic rings. The molecule has 2 atom stereocenters. The minimum atomic E-state index is -0.289. The molecule has 5 nitrogen and oxygen atoms in total. The lowest BCUT2D eigenvalue weighted by Gasteiger charge is -2.39. The zero-order valence-corrected chi connectivity index (χ0v) is 10.3. The molecule has 0 aromatic heterocycles. The summed E-state index contributed by atoms with van der Waals surface area (Å²) in [6.07, 6.45) is 4.67. The average Bonchev–Trinajstić information content (AvgIpc) is 2.73. The normalized spacial score (nSPS) is 30.9. The van der Waals surface area contributed by atoms with Crippen molar-refractivity contribution in [2.75, 3.05) is 19.6 Å². The molecule has 0 radical (unpaired) electrons. The van der Waals surface area contributed by atoms with E-state index in [9.17, 15) is 9.90 Å². The van der Waals surface area contributed by atoms with Crippen LogP contribution in [0.5, 0.6) is 0 Å². The molecule has 1 saturated carbocycles. The van der Waals surface area contributed by atoms with Gasteiger partial charge in [0.05, 0.1) is 12.6 Å². The van der Waals surface area contributed by atoms with Crippen molar-refractivity contribution < 1.29 is 9.90 Å². The highest BCUT2D eigenvalue weighted by molar-refractivity contribution is 5.76. The monoisotopic (exact) mass is 241 g/mol. The van der Waals surface area contributed by atoms with Crippen LogP contribution >= 0.6 is 0 Å². The van der Waals surface area contributed by atoms with E-state index in [1.54, 1.807) is 0 Å². The van der Waals surface area contributed by atoms with Gasteiger partial charge in [-0.25, -0.2) is 0 Å². The first-order chi connectivity index (χ1) is 8.18. The molecule has 2 unspecified atom stereocenters. The summed E-state index contributed by atoms with van der Waals surface area (Å²) in [4.78, 5) is 13.4. The quantitative estimate of drug-likeness (QED) is 0.616. The van der Waals surface area contributed by atoms with Gasteiger partial charge in [0.2, 0.25) is 5.91 Å². The third-order valence-electron chi connectivity index (χ3n) is 3.99. The van der Waals surface area contributed by atoms with Crippen molar-refractivity contribution in [3.63, 3.8) is 0 Å². The number of nitrogens with zero attached hydrogens (tertiary/aromatic N) is 1. The number of nitrogens with two attached hydrogens (primary N) is 1. The van der Waals surface area contributed by atoms with Gasteiger partial charge in [-0.1, -0.05) is 0 Å². The van der Waals surface area contributed by atoms with Crippen LogP contribution < -0.4 is 11.1 Å². The minimum absolute atomic E-state index is 0.130. The minimum Gasteiger partial charge on any atom is -0.391 e. The maximum Gasteiger partial charge on any atom is 0.231 e. The molecule has 1 aliphatic heterocycles. The number of rotatable bonds is 4. The fourth-order valence-electron chi connectivity index (χ4n) is 3.14. The number of aliphatic hydroxyl groups excluding tert-OH is 1. The summed E-state index contributed by atoms with van der Waals surface area (Å²) in [6.45, 7) is 2.26. The van der Waals surface area contributed by atoms with Crippen LogP contribution in [-0.2, 0) is 4.79 Å². The number of amides is 1.